The molecule has 0 aliphatic rings. The molecule has 21 heavy (non-hydrogen) atoms. The van der Waals surface area contributed by atoms with Gasteiger partial charge in [-0.3, -0.25) is 10.1 Å². The Balaban J connectivity index is 2.06. The Bertz CT molecular complexity index is 621. The minimum Gasteiger partial charge on any atom is -0.349 e. The fourth-order valence-electron chi connectivity index (χ4n) is 2.04. The van der Waals surface area contributed by atoms with Gasteiger partial charge in [-0.1, -0.05) is 29.8 Å². The van der Waals surface area contributed by atoms with E-state index in [-0.39, 0.29) is 11.2 Å². The molecule has 6 heteroatoms. The minimum absolute atomic E-state index is 0.114. The lowest BCUT2D eigenvalue weighted by Crippen LogP contribution is -2.34. The van der Waals surface area contributed by atoms with E-state index in [1.807, 2.05) is 13.8 Å². The lowest BCUT2D eigenvalue weighted by atomic mass is 9.94. The number of nitrogens with one attached hydrogen (secondary N) is 1. The number of rotatable bonds is 5. The summed E-state index contributed by atoms with van der Waals surface area (Å²) in [7, 11) is 0. The topological polar surface area (TPSA) is 81.0 Å². The average Bonchev–Trinajstić information content (AvgIpc) is 2.41. The van der Waals surface area contributed by atoms with E-state index in [1.54, 1.807) is 0 Å². The molecule has 0 spiro atoms. The lowest BCUT2D eigenvalue weighted by Gasteiger charge is -2.26. The second-order valence-corrected chi connectivity index (χ2v) is 5.69. The van der Waals surface area contributed by atoms with Crippen LogP contribution in [-0.2, 0) is 6.42 Å². The number of anilines is 1. The number of hydrogen-bond acceptors (Lipinski definition) is 5. The zero-order valence-electron chi connectivity index (χ0n) is 12.3. The Labute approximate surface area is 123 Å². The van der Waals surface area contributed by atoms with E-state index in [0.717, 1.165) is 6.42 Å². The standard InChI is InChI=1S/C15H18N4O2/c1-11-4-6-12(7-5-11)8-15(2,3)18-14-16-9-13(10-17-14)19(20)21/h4-7,9-10H,8H2,1-3H3,(H,16,17,18). The van der Waals surface area contributed by atoms with Gasteiger partial charge in [-0.25, -0.2) is 9.97 Å². The van der Waals surface area contributed by atoms with Crippen molar-refractivity contribution in [3.63, 3.8) is 0 Å². The molecule has 0 atom stereocenters. The van der Waals surface area contributed by atoms with Crippen LogP contribution in [0.4, 0.5) is 11.6 Å². The van der Waals surface area contributed by atoms with Crippen LogP contribution in [0.1, 0.15) is 25.0 Å². The molecular weight excluding hydrogens is 268 g/mol. The minimum atomic E-state index is -0.513. The summed E-state index contributed by atoms with van der Waals surface area (Å²) in [6, 6.07) is 8.34. The number of aromatic nitrogens is 2. The van der Waals surface area contributed by atoms with Gasteiger partial charge in [0.2, 0.25) is 5.95 Å². The molecule has 2 rings (SSSR count). The third-order valence-electron chi connectivity index (χ3n) is 3.07. The Morgan fingerprint density at radius 2 is 1.76 bits per heavy atom. The maximum absolute atomic E-state index is 10.6. The van der Waals surface area contributed by atoms with Crippen LogP contribution in [0.25, 0.3) is 0 Å². The van der Waals surface area contributed by atoms with Crippen LogP contribution in [0.15, 0.2) is 36.7 Å². The Morgan fingerprint density at radius 1 is 1.19 bits per heavy atom. The van der Waals surface area contributed by atoms with E-state index in [0.29, 0.717) is 5.95 Å². The van der Waals surface area contributed by atoms with Gasteiger partial charge in [-0.05, 0) is 32.8 Å². The highest BCUT2D eigenvalue weighted by molar-refractivity contribution is 5.34. The molecule has 110 valence electrons. The number of benzene rings is 1. The molecule has 0 amide bonds. The van der Waals surface area contributed by atoms with Crippen LogP contribution in [0.3, 0.4) is 0 Å². The van der Waals surface area contributed by atoms with Crippen LogP contribution < -0.4 is 5.32 Å². The first kappa shape index (κ1) is 14.9. The van der Waals surface area contributed by atoms with Crippen LogP contribution in [0.5, 0.6) is 0 Å². The van der Waals surface area contributed by atoms with Gasteiger partial charge >= 0.3 is 5.69 Å². The summed E-state index contributed by atoms with van der Waals surface area (Å²) >= 11 is 0. The molecule has 0 saturated heterocycles. The molecule has 1 heterocycles. The van der Waals surface area contributed by atoms with Crippen molar-refractivity contribution in [2.75, 3.05) is 5.32 Å². The quantitative estimate of drug-likeness (QED) is 0.674. The van der Waals surface area contributed by atoms with Crippen LogP contribution in [0, 0.1) is 17.0 Å². The third kappa shape index (κ3) is 4.24. The van der Waals surface area contributed by atoms with Crippen molar-refractivity contribution in [3.8, 4) is 0 Å². The largest absolute Gasteiger partial charge is 0.349 e. The molecule has 0 radical (unpaired) electrons. The van der Waals surface area contributed by atoms with Crippen LogP contribution in [-0.4, -0.2) is 20.4 Å². The predicted octanol–water partition coefficient (Wildman–Crippen LogP) is 3.13. The van der Waals surface area contributed by atoms with Gasteiger partial charge in [-0.2, -0.15) is 0 Å². The van der Waals surface area contributed by atoms with Crippen molar-refractivity contribution >= 4 is 11.6 Å². The summed E-state index contributed by atoms with van der Waals surface area (Å²) in [6.07, 6.45) is 3.21. The molecule has 1 N–H and O–H groups in total. The number of aryl methyl sites for hydroxylation is 1. The van der Waals surface area contributed by atoms with E-state index in [4.69, 9.17) is 0 Å². The molecule has 6 nitrogen and oxygen atoms in total. The summed E-state index contributed by atoms with van der Waals surface area (Å²) in [5, 5.41) is 13.8. The molecule has 2 aromatic rings. The first-order valence-corrected chi connectivity index (χ1v) is 6.66. The van der Waals surface area contributed by atoms with Gasteiger partial charge in [0.25, 0.3) is 0 Å². The number of nitro groups is 1. The van der Waals surface area contributed by atoms with Crippen molar-refractivity contribution in [3.05, 3.63) is 57.9 Å². The SMILES string of the molecule is Cc1ccc(CC(C)(C)Nc2ncc([N+](=O)[O-])cn2)cc1. The normalized spacial score (nSPS) is 11.2. The fraction of sp³-hybridized carbons (Fsp3) is 0.333. The average molecular weight is 286 g/mol. The van der Waals surface area contributed by atoms with Gasteiger partial charge in [-0.15, -0.1) is 0 Å². The Morgan fingerprint density at radius 3 is 2.29 bits per heavy atom. The first-order valence-electron chi connectivity index (χ1n) is 6.66. The summed E-state index contributed by atoms with van der Waals surface area (Å²) in [4.78, 5) is 18.0. The second kappa shape index (κ2) is 5.87. The summed E-state index contributed by atoms with van der Waals surface area (Å²) in [5.74, 6) is 0.387. The molecule has 1 aromatic heterocycles. The van der Waals surface area contributed by atoms with E-state index in [9.17, 15) is 10.1 Å². The third-order valence-corrected chi connectivity index (χ3v) is 3.07. The van der Waals surface area contributed by atoms with Gasteiger partial charge in [0.15, 0.2) is 0 Å². The Hall–Kier alpha value is -2.50. The molecular formula is C15H18N4O2. The zero-order valence-corrected chi connectivity index (χ0v) is 12.3. The highest BCUT2D eigenvalue weighted by Crippen LogP contribution is 2.18. The molecule has 0 bridgehead atoms. The smallest absolute Gasteiger partial charge is 0.305 e. The maximum Gasteiger partial charge on any atom is 0.305 e. The van der Waals surface area contributed by atoms with E-state index in [2.05, 4.69) is 46.5 Å². The molecule has 0 aliphatic heterocycles. The molecule has 0 aliphatic carbocycles. The van der Waals surface area contributed by atoms with Gasteiger partial charge < -0.3 is 5.32 Å². The molecule has 0 saturated carbocycles. The van der Waals surface area contributed by atoms with Crippen molar-refractivity contribution in [1.29, 1.82) is 0 Å². The number of hydrogen-bond donors (Lipinski definition) is 1. The highest BCUT2D eigenvalue weighted by Gasteiger charge is 2.20. The Kier molecular flexibility index (Phi) is 4.16. The predicted molar refractivity (Wildman–Crippen MR) is 81.3 cm³/mol. The van der Waals surface area contributed by atoms with Crippen molar-refractivity contribution in [1.82, 2.24) is 9.97 Å². The summed E-state index contributed by atoms with van der Waals surface area (Å²) < 4.78 is 0. The molecule has 0 unspecified atom stereocenters. The van der Waals surface area contributed by atoms with Crippen LogP contribution >= 0.6 is 0 Å². The molecule has 0 fully saturated rings. The summed E-state index contributed by atoms with van der Waals surface area (Å²) in [5.41, 5.74) is 2.06. The lowest BCUT2D eigenvalue weighted by molar-refractivity contribution is -0.385. The number of nitrogens with zero attached hydrogens (tertiary/aromatic N) is 3. The van der Waals surface area contributed by atoms with Gasteiger partial charge in [0.1, 0.15) is 12.4 Å². The van der Waals surface area contributed by atoms with Crippen molar-refractivity contribution in [2.24, 2.45) is 0 Å². The second-order valence-electron chi connectivity index (χ2n) is 5.69. The van der Waals surface area contributed by atoms with E-state index in [1.165, 1.54) is 23.5 Å². The van der Waals surface area contributed by atoms with Gasteiger partial charge in [0.05, 0.1) is 4.92 Å². The van der Waals surface area contributed by atoms with E-state index < -0.39 is 4.92 Å². The zero-order chi connectivity index (χ0) is 15.5. The maximum atomic E-state index is 10.6. The van der Waals surface area contributed by atoms with Crippen molar-refractivity contribution in [2.45, 2.75) is 32.7 Å². The highest BCUT2D eigenvalue weighted by atomic mass is 16.6. The molecule has 1 aromatic carbocycles. The summed E-state index contributed by atoms with van der Waals surface area (Å²) in [6.45, 7) is 6.13. The monoisotopic (exact) mass is 286 g/mol. The fourth-order valence-corrected chi connectivity index (χ4v) is 2.04. The van der Waals surface area contributed by atoms with E-state index >= 15 is 0 Å². The van der Waals surface area contributed by atoms with Crippen molar-refractivity contribution < 1.29 is 4.92 Å². The van der Waals surface area contributed by atoms with Gasteiger partial charge in [0, 0.05) is 5.54 Å². The van der Waals surface area contributed by atoms with Crippen LogP contribution in [0.2, 0.25) is 0 Å². The first-order chi connectivity index (χ1) is 9.85.